The van der Waals surface area contributed by atoms with Gasteiger partial charge < -0.3 is 20.5 Å². The van der Waals surface area contributed by atoms with Gasteiger partial charge in [-0.1, -0.05) is 36.7 Å². The number of ether oxygens (including phenoxy) is 1. The number of benzene rings is 2. The summed E-state index contributed by atoms with van der Waals surface area (Å²) in [7, 11) is 0. The number of anilines is 1. The minimum atomic E-state index is -0.652. The van der Waals surface area contributed by atoms with Crippen molar-refractivity contribution < 1.29 is 14.6 Å². The molecule has 1 aliphatic rings. The lowest BCUT2D eigenvalue weighted by Crippen LogP contribution is -2.49. The van der Waals surface area contributed by atoms with Gasteiger partial charge in [0.05, 0.1) is 5.71 Å². The molecule has 1 amide bonds. The minimum absolute atomic E-state index is 0.0458. The Kier molecular flexibility index (Phi) is 8.35. The van der Waals surface area contributed by atoms with Gasteiger partial charge in [0.25, 0.3) is 0 Å². The molecule has 0 unspecified atom stereocenters. The Morgan fingerprint density at radius 3 is 2.70 bits per heavy atom. The van der Waals surface area contributed by atoms with Crippen molar-refractivity contribution in [2.24, 2.45) is 11.0 Å². The third kappa shape index (κ3) is 7.45. The largest absolute Gasteiger partial charge is 0.491 e. The number of aryl methyl sites for hydroxylation is 1. The van der Waals surface area contributed by atoms with Crippen LogP contribution in [0.1, 0.15) is 38.3 Å². The number of β-amino-alcohol motifs (C(OH)–C–C–N with tert-alkyl or cyclic N) is 1. The molecule has 2 aromatic carbocycles. The first-order chi connectivity index (χ1) is 15.6. The standard InChI is InChI=1S/C25H33ClN4O3/c1-16-5-8-19(26)12-22(16)33-14-21(31)13-28-25(3,4)15-27-20-9-6-18(7-10-20)24-17(2)11-23(32)29-30-24/h5-10,12,17,21,27-28,31H,11,13-15H2,1-4H3,(H,29,32)/t17-,21+/m1/s1. The van der Waals surface area contributed by atoms with Gasteiger partial charge in [0.15, 0.2) is 0 Å². The molecule has 4 N–H and O–H groups in total. The van der Waals surface area contributed by atoms with Gasteiger partial charge >= 0.3 is 0 Å². The second kappa shape index (κ2) is 11.0. The second-order valence-corrected chi connectivity index (χ2v) is 9.64. The molecule has 178 valence electrons. The molecule has 2 atom stereocenters. The number of nitrogens with zero attached hydrogens (tertiary/aromatic N) is 1. The molecule has 2 aromatic rings. The minimum Gasteiger partial charge on any atom is -0.491 e. The molecular weight excluding hydrogens is 440 g/mol. The number of carbonyl (C=O) groups is 1. The van der Waals surface area contributed by atoms with E-state index in [0.717, 1.165) is 22.5 Å². The van der Waals surface area contributed by atoms with E-state index in [9.17, 15) is 9.90 Å². The average molecular weight is 473 g/mol. The van der Waals surface area contributed by atoms with Crippen molar-refractivity contribution in [1.82, 2.24) is 10.7 Å². The second-order valence-electron chi connectivity index (χ2n) is 9.21. The number of aliphatic hydroxyl groups is 1. The number of nitrogens with one attached hydrogen (secondary N) is 3. The van der Waals surface area contributed by atoms with E-state index < -0.39 is 6.10 Å². The quantitative estimate of drug-likeness (QED) is 0.422. The lowest BCUT2D eigenvalue weighted by molar-refractivity contribution is -0.121. The van der Waals surface area contributed by atoms with Crippen molar-refractivity contribution in [1.29, 1.82) is 0 Å². The Bertz CT molecular complexity index is 992. The summed E-state index contributed by atoms with van der Waals surface area (Å²) in [5.74, 6) is 0.733. The van der Waals surface area contributed by atoms with Crippen LogP contribution in [0.25, 0.3) is 0 Å². The molecule has 0 aromatic heterocycles. The summed E-state index contributed by atoms with van der Waals surface area (Å²) < 4.78 is 5.73. The van der Waals surface area contributed by atoms with Crippen LogP contribution >= 0.6 is 11.6 Å². The van der Waals surface area contributed by atoms with Crippen LogP contribution in [-0.2, 0) is 4.79 Å². The lowest BCUT2D eigenvalue weighted by Gasteiger charge is -2.28. The Hall–Kier alpha value is -2.61. The predicted octanol–water partition coefficient (Wildman–Crippen LogP) is 3.73. The van der Waals surface area contributed by atoms with Crippen LogP contribution in [0.5, 0.6) is 5.75 Å². The van der Waals surface area contributed by atoms with Crippen LogP contribution in [0.2, 0.25) is 5.02 Å². The molecule has 0 fully saturated rings. The third-order valence-electron chi connectivity index (χ3n) is 5.57. The summed E-state index contributed by atoms with van der Waals surface area (Å²) in [6, 6.07) is 13.5. The molecule has 7 nitrogen and oxygen atoms in total. The van der Waals surface area contributed by atoms with E-state index in [1.807, 2.05) is 50.2 Å². The van der Waals surface area contributed by atoms with Crippen LogP contribution in [0.4, 0.5) is 5.69 Å². The monoisotopic (exact) mass is 472 g/mol. The van der Waals surface area contributed by atoms with Crippen molar-refractivity contribution in [2.45, 2.75) is 45.8 Å². The number of hydrogen-bond acceptors (Lipinski definition) is 6. The molecule has 8 heteroatoms. The number of carbonyl (C=O) groups excluding carboxylic acids is 1. The van der Waals surface area contributed by atoms with E-state index in [1.165, 1.54) is 0 Å². The van der Waals surface area contributed by atoms with Crippen LogP contribution in [0, 0.1) is 12.8 Å². The Balaban J connectivity index is 1.44. The van der Waals surface area contributed by atoms with E-state index in [-0.39, 0.29) is 24.0 Å². The smallest absolute Gasteiger partial charge is 0.240 e. The highest BCUT2D eigenvalue weighted by Crippen LogP contribution is 2.23. The normalized spacial score (nSPS) is 17.2. The number of halogens is 1. The van der Waals surface area contributed by atoms with Gasteiger partial charge in [0.1, 0.15) is 18.5 Å². The molecular formula is C25H33ClN4O3. The van der Waals surface area contributed by atoms with Crippen molar-refractivity contribution in [3.63, 3.8) is 0 Å². The number of hydrazone groups is 1. The Morgan fingerprint density at radius 1 is 1.27 bits per heavy atom. The SMILES string of the molecule is Cc1ccc(Cl)cc1OC[C@@H](O)CNC(C)(C)CNc1ccc(C2=NNC(=O)C[C@H]2C)cc1. The highest BCUT2D eigenvalue weighted by Gasteiger charge is 2.22. The number of amides is 1. The van der Waals surface area contributed by atoms with Crippen LogP contribution in [0.3, 0.4) is 0 Å². The van der Waals surface area contributed by atoms with E-state index in [0.29, 0.717) is 30.3 Å². The maximum Gasteiger partial charge on any atom is 0.240 e. The third-order valence-corrected chi connectivity index (χ3v) is 5.81. The van der Waals surface area contributed by atoms with Gasteiger partial charge in [0.2, 0.25) is 5.91 Å². The van der Waals surface area contributed by atoms with Gasteiger partial charge in [-0.05, 0) is 56.2 Å². The summed E-state index contributed by atoms with van der Waals surface area (Å²) >= 11 is 6.02. The molecule has 1 heterocycles. The van der Waals surface area contributed by atoms with Crippen LogP contribution in [0.15, 0.2) is 47.6 Å². The molecule has 0 radical (unpaired) electrons. The van der Waals surface area contributed by atoms with E-state index >= 15 is 0 Å². The number of hydrogen-bond donors (Lipinski definition) is 4. The van der Waals surface area contributed by atoms with Crippen molar-refractivity contribution in [3.05, 3.63) is 58.6 Å². The molecule has 0 aliphatic carbocycles. The van der Waals surface area contributed by atoms with E-state index in [4.69, 9.17) is 16.3 Å². The lowest BCUT2D eigenvalue weighted by atomic mass is 9.94. The van der Waals surface area contributed by atoms with Gasteiger partial charge in [-0.25, -0.2) is 5.43 Å². The first-order valence-corrected chi connectivity index (χ1v) is 11.5. The molecule has 1 aliphatic heterocycles. The highest BCUT2D eigenvalue weighted by molar-refractivity contribution is 6.30. The summed E-state index contributed by atoms with van der Waals surface area (Å²) in [4.78, 5) is 11.4. The van der Waals surface area contributed by atoms with Crippen LogP contribution < -0.4 is 20.8 Å². The fourth-order valence-corrected chi connectivity index (χ4v) is 3.68. The first kappa shape index (κ1) is 25.0. The molecule has 3 rings (SSSR count). The molecule has 0 saturated heterocycles. The maximum atomic E-state index is 11.4. The van der Waals surface area contributed by atoms with Gasteiger partial charge in [-0.3, -0.25) is 4.79 Å². The Labute approximate surface area is 200 Å². The number of rotatable bonds is 10. The molecule has 0 bridgehead atoms. The first-order valence-electron chi connectivity index (χ1n) is 11.2. The topological polar surface area (TPSA) is 95.0 Å². The van der Waals surface area contributed by atoms with Gasteiger partial charge in [-0.2, -0.15) is 5.10 Å². The molecule has 0 saturated carbocycles. The summed E-state index contributed by atoms with van der Waals surface area (Å²) in [6.07, 6.45) is -0.199. The van der Waals surface area contributed by atoms with E-state index in [1.54, 1.807) is 6.07 Å². The zero-order chi connectivity index (χ0) is 24.0. The molecule has 33 heavy (non-hydrogen) atoms. The van der Waals surface area contributed by atoms with Gasteiger partial charge in [-0.15, -0.1) is 0 Å². The Morgan fingerprint density at radius 2 is 2.00 bits per heavy atom. The predicted molar refractivity (Wildman–Crippen MR) is 133 cm³/mol. The zero-order valence-electron chi connectivity index (χ0n) is 19.6. The average Bonchev–Trinajstić information content (AvgIpc) is 2.77. The van der Waals surface area contributed by atoms with Crippen molar-refractivity contribution in [3.8, 4) is 5.75 Å². The van der Waals surface area contributed by atoms with Gasteiger partial charge in [0, 0.05) is 41.7 Å². The van der Waals surface area contributed by atoms with Crippen LogP contribution in [-0.4, -0.2) is 48.1 Å². The fraction of sp³-hybridized carbons (Fsp3) is 0.440. The summed E-state index contributed by atoms with van der Waals surface area (Å²) in [5.41, 5.74) is 6.17. The molecule has 0 spiro atoms. The summed E-state index contributed by atoms with van der Waals surface area (Å²) in [6.45, 7) is 9.35. The zero-order valence-corrected chi connectivity index (χ0v) is 20.4. The van der Waals surface area contributed by atoms with Crippen molar-refractivity contribution in [2.75, 3.05) is 25.0 Å². The van der Waals surface area contributed by atoms with E-state index in [2.05, 4.69) is 35.0 Å². The summed E-state index contributed by atoms with van der Waals surface area (Å²) in [5, 5.41) is 22.0. The number of aliphatic hydroxyl groups excluding tert-OH is 1. The fourth-order valence-electron chi connectivity index (χ4n) is 3.52. The highest BCUT2D eigenvalue weighted by atomic mass is 35.5. The van der Waals surface area contributed by atoms with Crippen molar-refractivity contribution >= 4 is 28.9 Å². The maximum absolute atomic E-state index is 11.4.